The molecule has 1 saturated heterocycles. The zero-order valence-corrected chi connectivity index (χ0v) is 23.9. The van der Waals surface area contributed by atoms with E-state index >= 15 is 0 Å². The number of carbonyl (C=O) groups is 1. The largest absolute Gasteiger partial charge is 0.351 e. The Morgan fingerprint density at radius 1 is 0.951 bits per heavy atom. The molecule has 0 aliphatic carbocycles. The molecule has 1 aromatic heterocycles. The average molecular weight is 598 g/mol. The van der Waals surface area contributed by atoms with Crippen molar-refractivity contribution in [1.29, 1.82) is 0 Å². The second-order valence-corrected chi connectivity index (χ2v) is 13.1. The minimum Gasteiger partial charge on any atom is -0.351 e. The zero-order valence-electron chi connectivity index (χ0n) is 22.2. The second kappa shape index (κ2) is 11.4. The van der Waals surface area contributed by atoms with Gasteiger partial charge in [0.15, 0.2) is 10.9 Å². The van der Waals surface area contributed by atoms with Gasteiger partial charge in [-0.25, -0.2) is 22.2 Å². The molecule has 214 valence electrons. The molecule has 1 fully saturated rings. The number of benzene rings is 3. The molecule has 0 unspecified atom stereocenters. The lowest BCUT2D eigenvalue weighted by atomic mass is 10.0. The summed E-state index contributed by atoms with van der Waals surface area (Å²) in [5.74, 6) is -1.52. The van der Waals surface area contributed by atoms with Crippen LogP contribution in [0.15, 0.2) is 65.6 Å². The molecule has 0 spiro atoms. The zero-order chi connectivity index (χ0) is 28.6. The van der Waals surface area contributed by atoms with Gasteiger partial charge in [-0.3, -0.25) is 9.69 Å². The number of hydrogen-bond donors (Lipinski definition) is 1. The van der Waals surface area contributed by atoms with Crippen LogP contribution in [0.25, 0.3) is 10.2 Å². The molecule has 3 heterocycles. The Bertz CT molecular complexity index is 1690. The molecule has 0 saturated carbocycles. The van der Waals surface area contributed by atoms with Crippen molar-refractivity contribution in [2.75, 3.05) is 50.7 Å². The van der Waals surface area contributed by atoms with Gasteiger partial charge < -0.3 is 10.2 Å². The van der Waals surface area contributed by atoms with Crippen LogP contribution in [0.3, 0.4) is 0 Å². The fourth-order valence-electron chi connectivity index (χ4n) is 5.28. The molecule has 2 aliphatic rings. The Morgan fingerprint density at radius 3 is 2.44 bits per heavy atom. The van der Waals surface area contributed by atoms with E-state index in [0.717, 1.165) is 24.7 Å². The fourth-order valence-corrected chi connectivity index (χ4v) is 7.75. The van der Waals surface area contributed by atoms with Crippen molar-refractivity contribution in [2.24, 2.45) is 0 Å². The number of carbonyl (C=O) groups excluding carboxylic acids is 1. The molecule has 6 rings (SSSR count). The van der Waals surface area contributed by atoms with E-state index in [1.807, 2.05) is 24.3 Å². The van der Waals surface area contributed by atoms with Crippen LogP contribution in [0, 0.1) is 11.6 Å². The lowest BCUT2D eigenvalue weighted by Crippen LogP contribution is -2.48. The van der Waals surface area contributed by atoms with E-state index in [0.29, 0.717) is 61.1 Å². The molecule has 8 nitrogen and oxygen atoms in total. The third-order valence-corrected chi connectivity index (χ3v) is 10.5. The highest BCUT2D eigenvalue weighted by Gasteiger charge is 2.28. The number of sulfonamides is 1. The quantitative estimate of drug-likeness (QED) is 0.348. The standard InChI is InChI=1S/C29H29F2N5O3S2/c30-23-17-25(31)27-26(18-23)40-29(33-27)35-15-13-34(14-16-35)12-10-32-28(37)21-5-7-24(8-6-21)41(38,39)36-11-9-20-3-1-2-4-22(20)19-36/h1-8,17-18H,9-16,19H2,(H,32,37). The summed E-state index contributed by atoms with van der Waals surface area (Å²) in [5.41, 5.74) is 2.79. The molecule has 41 heavy (non-hydrogen) atoms. The number of piperazine rings is 1. The Hall–Kier alpha value is -3.45. The van der Waals surface area contributed by atoms with Gasteiger partial charge in [0.1, 0.15) is 11.3 Å². The highest BCUT2D eigenvalue weighted by molar-refractivity contribution is 7.89. The van der Waals surface area contributed by atoms with Crippen molar-refractivity contribution in [2.45, 2.75) is 17.9 Å². The van der Waals surface area contributed by atoms with E-state index in [-0.39, 0.29) is 16.3 Å². The van der Waals surface area contributed by atoms with Gasteiger partial charge >= 0.3 is 0 Å². The van der Waals surface area contributed by atoms with Crippen LogP contribution in [-0.4, -0.2) is 74.3 Å². The van der Waals surface area contributed by atoms with Crippen molar-refractivity contribution >= 4 is 42.6 Å². The van der Waals surface area contributed by atoms with Crippen LogP contribution in [-0.2, 0) is 23.0 Å². The number of amides is 1. The third-order valence-electron chi connectivity index (χ3n) is 7.61. The number of aromatic nitrogens is 1. The number of hydrogen-bond acceptors (Lipinski definition) is 7. The minimum absolute atomic E-state index is 0.173. The summed E-state index contributed by atoms with van der Waals surface area (Å²) >= 11 is 1.28. The molecule has 3 aromatic carbocycles. The first kappa shape index (κ1) is 27.7. The molecule has 12 heteroatoms. The lowest BCUT2D eigenvalue weighted by Gasteiger charge is -2.34. The maximum absolute atomic E-state index is 14.0. The van der Waals surface area contributed by atoms with Crippen molar-refractivity contribution < 1.29 is 22.0 Å². The van der Waals surface area contributed by atoms with Gasteiger partial charge in [0.05, 0.1) is 9.60 Å². The highest BCUT2D eigenvalue weighted by atomic mass is 32.2. The SMILES string of the molecule is O=C(NCCN1CCN(c2nc3c(F)cc(F)cc3s2)CC1)c1ccc(S(=O)(=O)N2CCc3ccccc3C2)cc1. The van der Waals surface area contributed by atoms with Gasteiger partial charge in [-0.15, -0.1) is 0 Å². The number of fused-ring (bicyclic) bond motifs is 2. The molecule has 0 atom stereocenters. The highest BCUT2D eigenvalue weighted by Crippen LogP contribution is 2.31. The summed E-state index contributed by atoms with van der Waals surface area (Å²) in [7, 11) is -3.66. The number of rotatable bonds is 7. The van der Waals surface area contributed by atoms with Crippen LogP contribution in [0.5, 0.6) is 0 Å². The van der Waals surface area contributed by atoms with Crippen molar-refractivity contribution in [3.05, 3.63) is 89.0 Å². The summed E-state index contributed by atoms with van der Waals surface area (Å²) in [6.45, 7) is 4.74. The molecule has 4 aromatic rings. The van der Waals surface area contributed by atoms with Crippen LogP contribution < -0.4 is 10.2 Å². The molecular formula is C29H29F2N5O3S2. The monoisotopic (exact) mass is 597 g/mol. The van der Waals surface area contributed by atoms with Gasteiger partial charge in [-0.05, 0) is 47.9 Å². The molecular weight excluding hydrogens is 568 g/mol. The topological polar surface area (TPSA) is 85.9 Å². The fraction of sp³-hybridized carbons (Fsp3) is 0.310. The first-order valence-corrected chi connectivity index (χ1v) is 15.7. The number of thiazole rings is 1. The second-order valence-electron chi connectivity index (χ2n) is 10.2. The molecule has 0 radical (unpaired) electrons. The van der Waals surface area contributed by atoms with Crippen molar-refractivity contribution in [3.8, 4) is 0 Å². The van der Waals surface area contributed by atoms with Gasteiger partial charge in [0, 0.05) is 64.0 Å². The van der Waals surface area contributed by atoms with Crippen molar-refractivity contribution in [1.82, 2.24) is 19.5 Å². The van der Waals surface area contributed by atoms with Gasteiger partial charge in [0.25, 0.3) is 5.91 Å². The average Bonchev–Trinajstić information content (AvgIpc) is 3.42. The Morgan fingerprint density at radius 2 is 1.68 bits per heavy atom. The summed E-state index contributed by atoms with van der Waals surface area (Å²) < 4.78 is 55.9. The Balaban J connectivity index is 0.982. The molecule has 0 bridgehead atoms. The Labute approximate surface area is 241 Å². The molecule has 2 aliphatic heterocycles. The summed E-state index contributed by atoms with van der Waals surface area (Å²) in [5, 5.41) is 3.58. The first-order chi connectivity index (χ1) is 19.8. The molecule has 1 N–H and O–H groups in total. The maximum Gasteiger partial charge on any atom is 0.251 e. The van der Waals surface area contributed by atoms with Gasteiger partial charge in [0.2, 0.25) is 10.0 Å². The minimum atomic E-state index is -3.66. The summed E-state index contributed by atoms with van der Waals surface area (Å²) in [6, 6.07) is 16.1. The van der Waals surface area contributed by atoms with E-state index < -0.39 is 21.7 Å². The van der Waals surface area contributed by atoms with E-state index in [2.05, 4.69) is 20.1 Å². The van der Waals surface area contributed by atoms with Crippen molar-refractivity contribution in [3.63, 3.8) is 0 Å². The number of nitrogens with zero attached hydrogens (tertiary/aromatic N) is 4. The predicted octanol–water partition coefficient (Wildman–Crippen LogP) is 3.87. The maximum atomic E-state index is 14.0. The third kappa shape index (κ3) is 5.82. The van der Waals surface area contributed by atoms with E-state index in [9.17, 15) is 22.0 Å². The smallest absolute Gasteiger partial charge is 0.251 e. The van der Waals surface area contributed by atoms with Crippen LogP contribution in [0.2, 0.25) is 0 Å². The number of anilines is 1. The van der Waals surface area contributed by atoms with Crippen LogP contribution >= 0.6 is 11.3 Å². The van der Waals surface area contributed by atoms with Crippen LogP contribution in [0.1, 0.15) is 21.5 Å². The van der Waals surface area contributed by atoms with Gasteiger partial charge in [-0.1, -0.05) is 35.6 Å². The van der Waals surface area contributed by atoms with E-state index in [1.54, 1.807) is 12.1 Å². The first-order valence-electron chi connectivity index (χ1n) is 13.5. The van der Waals surface area contributed by atoms with Gasteiger partial charge in [-0.2, -0.15) is 4.31 Å². The predicted molar refractivity (Wildman–Crippen MR) is 155 cm³/mol. The number of nitrogens with one attached hydrogen (secondary N) is 1. The number of halogens is 2. The van der Waals surface area contributed by atoms with Crippen LogP contribution in [0.4, 0.5) is 13.9 Å². The summed E-state index contributed by atoms with van der Waals surface area (Å²) in [6.07, 6.45) is 0.675. The Kier molecular flexibility index (Phi) is 7.73. The van der Waals surface area contributed by atoms with E-state index in [4.69, 9.17) is 0 Å². The lowest BCUT2D eigenvalue weighted by molar-refractivity contribution is 0.0947. The normalized spacial score (nSPS) is 16.6. The molecule has 1 amide bonds. The summed E-state index contributed by atoms with van der Waals surface area (Å²) in [4.78, 5) is 21.5. The van der Waals surface area contributed by atoms with E-state index in [1.165, 1.54) is 39.4 Å².